The van der Waals surface area contributed by atoms with E-state index in [0.717, 1.165) is 48.8 Å². The number of hydrogen-bond donors (Lipinski definition) is 1. The van der Waals surface area contributed by atoms with E-state index in [2.05, 4.69) is 38.3 Å². The molecule has 1 unspecified atom stereocenters. The van der Waals surface area contributed by atoms with E-state index in [1.165, 1.54) is 0 Å². The van der Waals surface area contributed by atoms with Gasteiger partial charge in [0.15, 0.2) is 0 Å². The van der Waals surface area contributed by atoms with Crippen molar-refractivity contribution < 1.29 is 9.59 Å². The first-order valence-corrected chi connectivity index (χ1v) is 10.4. The van der Waals surface area contributed by atoms with Crippen LogP contribution in [0.25, 0.3) is 0 Å². The van der Waals surface area contributed by atoms with Gasteiger partial charge in [-0.25, -0.2) is 0 Å². The molecule has 1 atom stereocenters. The smallest absolute Gasteiger partial charge is 0.237 e. The van der Waals surface area contributed by atoms with E-state index in [9.17, 15) is 9.59 Å². The molecule has 1 aromatic carbocycles. The lowest BCUT2D eigenvalue weighted by Crippen LogP contribution is -2.56. The van der Waals surface area contributed by atoms with E-state index in [4.69, 9.17) is 0 Å². The fourth-order valence-corrected chi connectivity index (χ4v) is 4.11. The van der Waals surface area contributed by atoms with Crippen LogP contribution in [0.3, 0.4) is 0 Å². The maximum Gasteiger partial charge on any atom is 0.237 e. The second kappa shape index (κ2) is 6.97. The molecule has 0 spiro atoms. The average Bonchev–Trinajstić information content (AvgIpc) is 3.56. The Balaban J connectivity index is 1.34. The van der Waals surface area contributed by atoms with Crippen LogP contribution in [0.4, 0.5) is 0 Å². The van der Waals surface area contributed by atoms with Crippen molar-refractivity contribution in [3.63, 3.8) is 0 Å². The van der Waals surface area contributed by atoms with Gasteiger partial charge in [0.25, 0.3) is 0 Å². The Morgan fingerprint density at radius 1 is 1.12 bits per heavy atom. The first kappa shape index (κ1) is 18.0. The predicted molar refractivity (Wildman–Crippen MR) is 104 cm³/mol. The summed E-state index contributed by atoms with van der Waals surface area (Å²) in [4.78, 5) is 29.6. The van der Waals surface area contributed by atoms with Crippen molar-refractivity contribution in [1.29, 1.82) is 0 Å². The number of amides is 2. The van der Waals surface area contributed by atoms with Gasteiger partial charge in [0, 0.05) is 36.7 Å². The lowest BCUT2D eigenvalue weighted by Gasteiger charge is -2.39. The second-order valence-electron chi connectivity index (χ2n) is 7.88. The Hall–Kier alpha value is -1.40. The molecule has 0 bridgehead atoms. The number of nitrogens with one attached hydrogen (secondary N) is 1. The maximum atomic E-state index is 13.1. The molecule has 3 aliphatic rings. The van der Waals surface area contributed by atoms with E-state index < -0.39 is 0 Å². The number of hydrogen-bond acceptors (Lipinski definition) is 3. The summed E-state index contributed by atoms with van der Waals surface area (Å²) in [6.07, 6.45) is 4.10. The maximum absolute atomic E-state index is 13.1. The van der Waals surface area contributed by atoms with Crippen LogP contribution in [0.15, 0.2) is 28.7 Å². The summed E-state index contributed by atoms with van der Waals surface area (Å²) in [5.74, 6) is 0.385. The van der Waals surface area contributed by atoms with Gasteiger partial charge in [-0.05, 0) is 50.3 Å². The lowest BCUT2D eigenvalue weighted by molar-refractivity contribution is -0.136. The molecule has 1 saturated heterocycles. The Bertz CT molecular complexity index is 690. The van der Waals surface area contributed by atoms with Crippen LogP contribution in [0.5, 0.6) is 0 Å². The molecule has 6 heteroatoms. The van der Waals surface area contributed by atoms with Crippen LogP contribution >= 0.6 is 15.9 Å². The molecule has 5 nitrogen and oxygen atoms in total. The van der Waals surface area contributed by atoms with Crippen molar-refractivity contribution in [3.05, 3.63) is 34.3 Å². The lowest BCUT2D eigenvalue weighted by atomic mass is 9.94. The van der Waals surface area contributed by atoms with Crippen molar-refractivity contribution in [2.24, 2.45) is 0 Å². The zero-order valence-corrected chi connectivity index (χ0v) is 16.8. The van der Waals surface area contributed by atoms with E-state index >= 15 is 0 Å². The van der Waals surface area contributed by atoms with Gasteiger partial charge in [0.05, 0.1) is 11.5 Å². The summed E-state index contributed by atoms with van der Waals surface area (Å²) in [5, 5.41) is 3.08. The topological polar surface area (TPSA) is 52.7 Å². The zero-order valence-electron chi connectivity index (χ0n) is 15.2. The molecule has 2 saturated carbocycles. The molecule has 26 heavy (non-hydrogen) atoms. The Kier molecular flexibility index (Phi) is 4.82. The van der Waals surface area contributed by atoms with Gasteiger partial charge in [0.1, 0.15) is 0 Å². The van der Waals surface area contributed by atoms with Crippen molar-refractivity contribution in [2.75, 3.05) is 26.2 Å². The number of piperazine rings is 1. The van der Waals surface area contributed by atoms with Crippen LogP contribution in [-0.4, -0.2) is 59.9 Å². The minimum atomic E-state index is -0.308. The number of carbonyl (C=O) groups excluding carboxylic acids is 2. The SMILES string of the molecule is CC(C(=O)NC1CC1)N1CCN(C(=O)C2(c3ccc(Br)cc3)CC2)CC1. The Morgan fingerprint density at radius 3 is 2.27 bits per heavy atom. The van der Waals surface area contributed by atoms with Crippen LogP contribution < -0.4 is 5.32 Å². The van der Waals surface area contributed by atoms with Crippen molar-refractivity contribution >= 4 is 27.7 Å². The summed E-state index contributed by atoms with van der Waals surface area (Å²) < 4.78 is 1.04. The highest BCUT2D eigenvalue weighted by atomic mass is 79.9. The molecule has 1 heterocycles. The summed E-state index contributed by atoms with van der Waals surface area (Å²) >= 11 is 3.46. The number of carbonyl (C=O) groups is 2. The zero-order chi connectivity index (χ0) is 18.3. The van der Waals surface area contributed by atoms with Gasteiger partial charge < -0.3 is 10.2 Å². The molecule has 1 N–H and O–H groups in total. The molecule has 1 aliphatic heterocycles. The molecule has 3 fully saturated rings. The minimum absolute atomic E-state index is 0.116. The Labute approximate surface area is 163 Å². The van der Waals surface area contributed by atoms with Crippen molar-refractivity contribution in [3.8, 4) is 0 Å². The molecular weight excluding hydrogens is 394 g/mol. The molecular formula is C20H26BrN3O2. The third-order valence-electron chi connectivity index (χ3n) is 6.01. The van der Waals surface area contributed by atoms with Crippen LogP contribution in [-0.2, 0) is 15.0 Å². The van der Waals surface area contributed by atoms with E-state index in [0.29, 0.717) is 19.1 Å². The average molecular weight is 420 g/mol. The molecule has 0 aromatic heterocycles. The van der Waals surface area contributed by atoms with Gasteiger partial charge in [-0.3, -0.25) is 14.5 Å². The van der Waals surface area contributed by atoms with Crippen molar-refractivity contribution in [1.82, 2.24) is 15.1 Å². The van der Waals surface area contributed by atoms with E-state index in [1.807, 2.05) is 24.0 Å². The minimum Gasteiger partial charge on any atom is -0.352 e. The first-order valence-electron chi connectivity index (χ1n) is 9.59. The number of nitrogens with zero attached hydrogens (tertiary/aromatic N) is 2. The van der Waals surface area contributed by atoms with Gasteiger partial charge in [-0.1, -0.05) is 28.1 Å². The second-order valence-corrected chi connectivity index (χ2v) is 8.79. The Morgan fingerprint density at radius 2 is 1.73 bits per heavy atom. The fourth-order valence-electron chi connectivity index (χ4n) is 3.85. The van der Waals surface area contributed by atoms with Crippen LogP contribution in [0, 0.1) is 0 Å². The highest BCUT2D eigenvalue weighted by molar-refractivity contribution is 9.10. The summed E-state index contributed by atoms with van der Waals surface area (Å²) in [5.41, 5.74) is 0.822. The monoisotopic (exact) mass is 419 g/mol. The van der Waals surface area contributed by atoms with Crippen LogP contribution in [0.1, 0.15) is 38.2 Å². The molecule has 1 aromatic rings. The number of benzene rings is 1. The third-order valence-corrected chi connectivity index (χ3v) is 6.54. The summed E-state index contributed by atoms with van der Waals surface area (Å²) in [6, 6.07) is 8.44. The summed E-state index contributed by atoms with van der Waals surface area (Å²) in [7, 11) is 0. The van der Waals surface area contributed by atoms with E-state index in [-0.39, 0.29) is 23.3 Å². The largest absolute Gasteiger partial charge is 0.352 e. The van der Waals surface area contributed by atoms with Crippen molar-refractivity contribution in [2.45, 2.75) is 50.1 Å². The number of halogens is 1. The standard InChI is InChI=1S/C20H26BrN3O2/c1-14(18(25)22-17-6-7-17)23-10-12-24(13-11-23)19(26)20(8-9-20)15-2-4-16(21)5-3-15/h2-5,14,17H,6-13H2,1H3,(H,22,25). The van der Waals surface area contributed by atoms with Gasteiger partial charge in [-0.2, -0.15) is 0 Å². The van der Waals surface area contributed by atoms with Gasteiger partial charge in [0.2, 0.25) is 11.8 Å². The summed E-state index contributed by atoms with van der Waals surface area (Å²) in [6.45, 7) is 4.92. The first-order chi connectivity index (χ1) is 12.5. The highest BCUT2D eigenvalue weighted by Gasteiger charge is 2.53. The molecule has 2 amide bonds. The fraction of sp³-hybridized carbons (Fsp3) is 0.600. The van der Waals surface area contributed by atoms with Gasteiger partial charge >= 0.3 is 0 Å². The molecule has 4 rings (SSSR count). The van der Waals surface area contributed by atoms with E-state index in [1.54, 1.807) is 0 Å². The highest BCUT2D eigenvalue weighted by Crippen LogP contribution is 2.49. The predicted octanol–water partition coefficient (Wildman–Crippen LogP) is 2.29. The van der Waals surface area contributed by atoms with Gasteiger partial charge in [-0.15, -0.1) is 0 Å². The quantitative estimate of drug-likeness (QED) is 0.796. The normalized spacial score (nSPS) is 23.4. The molecule has 0 radical (unpaired) electrons. The number of rotatable bonds is 5. The van der Waals surface area contributed by atoms with Crippen LogP contribution in [0.2, 0.25) is 0 Å². The third kappa shape index (κ3) is 3.54. The molecule has 140 valence electrons. The molecule has 2 aliphatic carbocycles.